The maximum Gasteiger partial charge on any atom is 0.304 e. The van der Waals surface area contributed by atoms with Crippen LogP contribution in [0.1, 0.15) is 25.1 Å². The molecule has 1 aromatic carbocycles. The van der Waals surface area contributed by atoms with Gasteiger partial charge in [-0.2, -0.15) is 0 Å². The predicted octanol–water partition coefficient (Wildman–Crippen LogP) is 3.56. The molecule has 0 spiro atoms. The third-order valence-electron chi connectivity index (χ3n) is 2.76. The lowest BCUT2D eigenvalue weighted by molar-refractivity contribution is -0.137. The van der Waals surface area contributed by atoms with Gasteiger partial charge in [0.05, 0.1) is 18.3 Å². The van der Waals surface area contributed by atoms with E-state index >= 15 is 0 Å². The molecule has 0 amide bonds. The first-order valence-corrected chi connectivity index (χ1v) is 6.49. The number of carboxylic acid groups (broad SMARTS) is 1. The van der Waals surface area contributed by atoms with Gasteiger partial charge in [0, 0.05) is 16.0 Å². The maximum absolute atomic E-state index is 13.7. The molecule has 1 aromatic heterocycles. The lowest BCUT2D eigenvalue weighted by Crippen LogP contribution is -2.04. The van der Waals surface area contributed by atoms with E-state index in [1.54, 1.807) is 19.1 Å². The minimum absolute atomic E-state index is 0.0199. The Balaban J connectivity index is 2.30. The molecule has 0 radical (unpaired) electrons. The molecule has 1 unspecified atom stereocenters. The molecule has 0 saturated carbocycles. The van der Waals surface area contributed by atoms with Gasteiger partial charge >= 0.3 is 5.97 Å². The van der Waals surface area contributed by atoms with Crippen molar-refractivity contribution < 1.29 is 14.3 Å². The average molecular weight is 327 g/mol. The smallest absolute Gasteiger partial charge is 0.304 e. The molecule has 2 aromatic rings. The Bertz CT molecular complexity index is 612. The van der Waals surface area contributed by atoms with E-state index in [1.165, 1.54) is 12.3 Å². The first-order chi connectivity index (χ1) is 8.97. The standard InChI is InChI=1S/C13H12BrFN2O2/c1-7(4-12(18)19)13-16-6-11(17-13)9-5-8(14)2-3-10(9)15/h2-3,5-7H,4H2,1H3,(H,16,17)(H,18,19). The van der Waals surface area contributed by atoms with Gasteiger partial charge in [-0.25, -0.2) is 9.37 Å². The molecule has 4 nitrogen and oxygen atoms in total. The number of carboxylic acids is 1. The second-order valence-corrected chi connectivity index (χ2v) is 5.22. The summed E-state index contributed by atoms with van der Waals surface area (Å²) in [7, 11) is 0. The van der Waals surface area contributed by atoms with Crippen LogP contribution in [0.25, 0.3) is 11.3 Å². The van der Waals surface area contributed by atoms with Crippen molar-refractivity contribution >= 4 is 21.9 Å². The number of carbonyl (C=O) groups is 1. The van der Waals surface area contributed by atoms with Crippen molar-refractivity contribution in [3.05, 3.63) is 40.5 Å². The second kappa shape index (κ2) is 5.52. The van der Waals surface area contributed by atoms with E-state index in [0.717, 1.165) is 4.47 Å². The highest BCUT2D eigenvalue weighted by Gasteiger charge is 2.15. The van der Waals surface area contributed by atoms with Gasteiger partial charge in [0.15, 0.2) is 0 Å². The van der Waals surface area contributed by atoms with Crippen molar-refractivity contribution in [2.75, 3.05) is 0 Å². The Morgan fingerprint density at radius 3 is 3.00 bits per heavy atom. The van der Waals surface area contributed by atoms with E-state index in [2.05, 4.69) is 25.9 Å². The van der Waals surface area contributed by atoms with Crippen molar-refractivity contribution in [2.45, 2.75) is 19.3 Å². The minimum Gasteiger partial charge on any atom is -0.481 e. The lowest BCUT2D eigenvalue weighted by atomic mass is 10.1. The SMILES string of the molecule is CC(CC(=O)O)c1ncc(-c2cc(Br)ccc2F)[nH]1. The first kappa shape index (κ1) is 13.7. The fraction of sp³-hybridized carbons (Fsp3) is 0.231. The van der Waals surface area contributed by atoms with E-state index in [4.69, 9.17) is 5.11 Å². The zero-order chi connectivity index (χ0) is 14.0. The summed E-state index contributed by atoms with van der Waals surface area (Å²) in [4.78, 5) is 17.7. The Hall–Kier alpha value is -1.69. The number of aromatic amines is 1. The van der Waals surface area contributed by atoms with Gasteiger partial charge in [-0.3, -0.25) is 4.79 Å². The van der Waals surface area contributed by atoms with Gasteiger partial charge < -0.3 is 10.1 Å². The number of hydrogen-bond acceptors (Lipinski definition) is 2. The van der Waals surface area contributed by atoms with Crippen LogP contribution in [0.15, 0.2) is 28.9 Å². The molecule has 0 bridgehead atoms. The summed E-state index contributed by atoms with van der Waals surface area (Å²) >= 11 is 3.28. The topological polar surface area (TPSA) is 66.0 Å². The number of imidazole rings is 1. The van der Waals surface area contributed by atoms with Gasteiger partial charge in [-0.15, -0.1) is 0 Å². The Labute approximate surface area is 117 Å². The largest absolute Gasteiger partial charge is 0.481 e. The Morgan fingerprint density at radius 2 is 2.32 bits per heavy atom. The second-order valence-electron chi connectivity index (χ2n) is 4.31. The van der Waals surface area contributed by atoms with Crippen LogP contribution in [0.3, 0.4) is 0 Å². The average Bonchev–Trinajstić information content (AvgIpc) is 2.80. The number of halogens is 2. The third kappa shape index (κ3) is 3.20. The number of benzene rings is 1. The summed E-state index contributed by atoms with van der Waals surface area (Å²) in [6, 6.07) is 4.62. The van der Waals surface area contributed by atoms with Crippen molar-refractivity contribution in [3.8, 4) is 11.3 Å². The molecule has 19 heavy (non-hydrogen) atoms. The fourth-order valence-corrected chi connectivity index (χ4v) is 2.15. The molecule has 0 saturated heterocycles. The van der Waals surface area contributed by atoms with Crippen LogP contribution in [0.5, 0.6) is 0 Å². The fourth-order valence-electron chi connectivity index (χ4n) is 1.79. The molecule has 0 fully saturated rings. The normalized spacial score (nSPS) is 12.4. The van der Waals surface area contributed by atoms with E-state index in [0.29, 0.717) is 17.1 Å². The number of rotatable bonds is 4. The highest BCUT2D eigenvalue weighted by atomic mass is 79.9. The summed E-state index contributed by atoms with van der Waals surface area (Å²) in [5.41, 5.74) is 0.932. The number of nitrogens with zero attached hydrogens (tertiary/aromatic N) is 1. The van der Waals surface area contributed by atoms with Crippen LogP contribution in [-0.4, -0.2) is 21.0 Å². The molecule has 0 aliphatic heterocycles. The van der Waals surface area contributed by atoms with E-state index in [-0.39, 0.29) is 18.2 Å². The van der Waals surface area contributed by atoms with E-state index in [1.807, 2.05) is 0 Å². The van der Waals surface area contributed by atoms with Crippen molar-refractivity contribution in [3.63, 3.8) is 0 Å². The summed E-state index contributed by atoms with van der Waals surface area (Å²) in [6.45, 7) is 1.76. The number of hydrogen-bond donors (Lipinski definition) is 2. The van der Waals surface area contributed by atoms with Crippen LogP contribution >= 0.6 is 15.9 Å². The molecule has 0 aliphatic carbocycles. The van der Waals surface area contributed by atoms with Gasteiger partial charge in [0.2, 0.25) is 0 Å². The van der Waals surface area contributed by atoms with Crippen molar-refractivity contribution in [1.29, 1.82) is 0 Å². The van der Waals surface area contributed by atoms with Crippen molar-refractivity contribution in [1.82, 2.24) is 9.97 Å². The van der Waals surface area contributed by atoms with Gasteiger partial charge in [-0.1, -0.05) is 22.9 Å². The number of nitrogens with one attached hydrogen (secondary N) is 1. The van der Waals surface area contributed by atoms with Crippen LogP contribution < -0.4 is 0 Å². The zero-order valence-corrected chi connectivity index (χ0v) is 11.7. The molecule has 2 rings (SSSR count). The number of aromatic nitrogens is 2. The monoisotopic (exact) mass is 326 g/mol. The van der Waals surface area contributed by atoms with Crippen LogP contribution in [0.2, 0.25) is 0 Å². The molecule has 0 aliphatic rings. The molecular weight excluding hydrogens is 315 g/mol. The van der Waals surface area contributed by atoms with E-state index < -0.39 is 5.97 Å². The first-order valence-electron chi connectivity index (χ1n) is 5.69. The van der Waals surface area contributed by atoms with Gasteiger partial charge in [0.25, 0.3) is 0 Å². The molecule has 1 atom stereocenters. The van der Waals surface area contributed by atoms with Gasteiger partial charge in [0.1, 0.15) is 11.6 Å². The molecule has 100 valence electrons. The summed E-state index contributed by atoms with van der Waals surface area (Å²) < 4.78 is 14.5. The Kier molecular flexibility index (Phi) is 3.99. The van der Waals surface area contributed by atoms with Crippen LogP contribution in [0.4, 0.5) is 4.39 Å². The van der Waals surface area contributed by atoms with Crippen molar-refractivity contribution in [2.24, 2.45) is 0 Å². The quantitative estimate of drug-likeness (QED) is 0.902. The third-order valence-corrected chi connectivity index (χ3v) is 3.25. The summed E-state index contributed by atoms with van der Waals surface area (Å²) in [5.74, 6) is -0.957. The maximum atomic E-state index is 13.7. The lowest BCUT2D eigenvalue weighted by Gasteiger charge is -2.05. The minimum atomic E-state index is -0.890. The van der Waals surface area contributed by atoms with Crippen LogP contribution in [0, 0.1) is 5.82 Å². The summed E-state index contributed by atoms with van der Waals surface area (Å²) in [6.07, 6.45) is 1.49. The van der Waals surface area contributed by atoms with Crippen LogP contribution in [-0.2, 0) is 4.79 Å². The zero-order valence-electron chi connectivity index (χ0n) is 10.2. The van der Waals surface area contributed by atoms with E-state index in [9.17, 15) is 9.18 Å². The highest BCUT2D eigenvalue weighted by Crippen LogP contribution is 2.26. The summed E-state index contributed by atoms with van der Waals surface area (Å²) in [5, 5.41) is 8.74. The van der Waals surface area contributed by atoms with Gasteiger partial charge in [-0.05, 0) is 18.2 Å². The predicted molar refractivity (Wildman–Crippen MR) is 72.3 cm³/mol. The Morgan fingerprint density at radius 1 is 1.58 bits per heavy atom. The molecular formula is C13H12BrFN2O2. The molecule has 2 N–H and O–H groups in total. The highest BCUT2D eigenvalue weighted by molar-refractivity contribution is 9.10. The number of aliphatic carboxylic acids is 1. The molecule has 6 heteroatoms. The molecule has 1 heterocycles. The number of H-pyrrole nitrogens is 1.